The number of hydrogen-bond acceptors (Lipinski definition) is 3. The van der Waals surface area contributed by atoms with E-state index < -0.39 is 0 Å². The van der Waals surface area contributed by atoms with Crippen LogP contribution in [0.5, 0.6) is 0 Å². The number of carbonyl (C=O) groups excluding carboxylic acids is 1. The molecule has 0 aliphatic rings. The normalized spacial score (nSPS) is 10.6. The van der Waals surface area contributed by atoms with Crippen LogP contribution in [0.2, 0.25) is 0 Å². The van der Waals surface area contributed by atoms with E-state index in [2.05, 4.69) is 10.4 Å². The highest BCUT2D eigenvalue weighted by Crippen LogP contribution is 2.23. The number of rotatable bonds is 1. The quantitative estimate of drug-likeness (QED) is 0.737. The Labute approximate surface area is 79.2 Å². The standard InChI is InChI=1S/C8H9N3OS/c1-9-7(12)6-5-3-4-13-8(5)11(2)10-6/h3-4H,1-2H3,(H,9,12). The van der Waals surface area contributed by atoms with Crippen LogP contribution in [-0.2, 0) is 7.05 Å². The summed E-state index contributed by atoms with van der Waals surface area (Å²) < 4.78 is 1.73. The Hall–Kier alpha value is -1.36. The lowest BCUT2D eigenvalue weighted by Crippen LogP contribution is -2.18. The van der Waals surface area contributed by atoms with E-state index in [4.69, 9.17) is 0 Å². The van der Waals surface area contributed by atoms with Crippen molar-refractivity contribution in [1.29, 1.82) is 0 Å². The van der Waals surface area contributed by atoms with Gasteiger partial charge >= 0.3 is 0 Å². The van der Waals surface area contributed by atoms with Gasteiger partial charge in [-0.25, -0.2) is 0 Å². The summed E-state index contributed by atoms with van der Waals surface area (Å²) in [5.74, 6) is -0.135. The number of hydrogen-bond donors (Lipinski definition) is 1. The fourth-order valence-corrected chi connectivity index (χ4v) is 2.09. The van der Waals surface area contributed by atoms with Crippen molar-refractivity contribution in [3.63, 3.8) is 0 Å². The first-order valence-electron chi connectivity index (χ1n) is 3.86. The van der Waals surface area contributed by atoms with Gasteiger partial charge in [-0.2, -0.15) is 5.10 Å². The minimum absolute atomic E-state index is 0.135. The summed E-state index contributed by atoms with van der Waals surface area (Å²) in [6.45, 7) is 0. The van der Waals surface area contributed by atoms with E-state index in [1.165, 1.54) is 0 Å². The van der Waals surface area contributed by atoms with Crippen LogP contribution in [0.25, 0.3) is 10.2 Å². The molecule has 1 N–H and O–H groups in total. The molecule has 0 unspecified atom stereocenters. The van der Waals surface area contributed by atoms with Crippen molar-refractivity contribution in [2.75, 3.05) is 7.05 Å². The second-order valence-corrected chi connectivity index (χ2v) is 3.59. The number of aromatic nitrogens is 2. The highest BCUT2D eigenvalue weighted by atomic mass is 32.1. The molecule has 68 valence electrons. The molecular weight excluding hydrogens is 186 g/mol. The number of amides is 1. The number of fused-ring (bicyclic) bond motifs is 1. The predicted octanol–water partition coefficient (Wildman–Crippen LogP) is 0.994. The van der Waals surface area contributed by atoms with Crippen molar-refractivity contribution in [3.05, 3.63) is 17.1 Å². The zero-order chi connectivity index (χ0) is 9.42. The van der Waals surface area contributed by atoms with Crippen LogP contribution in [0.3, 0.4) is 0 Å². The second kappa shape index (κ2) is 2.85. The molecule has 2 aromatic rings. The summed E-state index contributed by atoms with van der Waals surface area (Å²) in [7, 11) is 3.44. The average molecular weight is 195 g/mol. The van der Waals surface area contributed by atoms with Gasteiger partial charge < -0.3 is 5.32 Å². The number of aryl methyl sites for hydroxylation is 1. The van der Waals surface area contributed by atoms with E-state index in [0.29, 0.717) is 5.69 Å². The first kappa shape index (κ1) is 8.25. The molecule has 0 spiro atoms. The van der Waals surface area contributed by atoms with Crippen LogP contribution in [0.4, 0.5) is 0 Å². The molecular formula is C8H9N3OS. The van der Waals surface area contributed by atoms with Crippen molar-refractivity contribution in [2.24, 2.45) is 7.05 Å². The second-order valence-electron chi connectivity index (χ2n) is 2.69. The molecule has 0 aromatic carbocycles. The molecule has 1 amide bonds. The summed E-state index contributed by atoms with van der Waals surface area (Å²) in [6.07, 6.45) is 0. The molecule has 0 radical (unpaired) electrons. The number of nitrogens with zero attached hydrogens (tertiary/aromatic N) is 2. The van der Waals surface area contributed by atoms with Gasteiger partial charge in [0.15, 0.2) is 5.69 Å². The minimum Gasteiger partial charge on any atom is -0.354 e. The Morgan fingerprint density at radius 1 is 1.69 bits per heavy atom. The zero-order valence-electron chi connectivity index (χ0n) is 7.37. The maximum Gasteiger partial charge on any atom is 0.272 e. The highest BCUT2D eigenvalue weighted by molar-refractivity contribution is 7.16. The molecule has 0 aliphatic heterocycles. The molecule has 4 nitrogen and oxygen atoms in total. The van der Waals surface area contributed by atoms with Crippen LogP contribution >= 0.6 is 11.3 Å². The van der Waals surface area contributed by atoms with Crippen molar-refractivity contribution >= 4 is 27.5 Å². The van der Waals surface area contributed by atoms with Crippen LogP contribution in [-0.4, -0.2) is 22.7 Å². The van der Waals surface area contributed by atoms with Gasteiger partial charge in [-0.3, -0.25) is 9.48 Å². The van der Waals surface area contributed by atoms with Gasteiger partial charge in [0.1, 0.15) is 4.83 Å². The molecule has 2 rings (SSSR count). The summed E-state index contributed by atoms with van der Waals surface area (Å²) in [5.41, 5.74) is 0.501. The van der Waals surface area contributed by atoms with E-state index in [9.17, 15) is 4.79 Å². The Bertz CT molecular complexity index is 457. The van der Waals surface area contributed by atoms with Crippen molar-refractivity contribution < 1.29 is 4.79 Å². The lowest BCUT2D eigenvalue weighted by molar-refractivity contribution is 0.0959. The van der Waals surface area contributed by atoms with Crippen LogP contribution in [0.1, 0.15) is 10.5 Å². The molecule has 0 bridgehead atoms. The molecule has 2 aromatic heterocycles. The molecule has 0 aliphatic carbocycles. The molecule has 0 fully saturated rings. The van der Waals surface area contributed by atoms with Crippen molar-refractivity contribution in [3.8, 4) is 0 Å². The maximum atomic E-state index is 11.4. The first-order valence-corrected chi connectivity index (χ1v) is 4.74. The Kier molecular flexibility index (Phi) is 1.81. The van der Waals surface area contributed by atoms with E-state index in [1.54, 1.807) is 23.1 Å². The van der Waals surface area contributed by atoms with Gasteiger partial charge in [0.2, 0.25) is 0 Å². The van der Waals surface area contributed by atoms with Gasteiger partial charge in [-0.15, -0.1) is 11.3 Å². The minimum atomic E-state index is -0.135. The third kappa shape index (κ3) is 1.12. The SMILES string of the molecule is CNC(=O)c1nn(C)c2sccc12. The molecule has 13 heavy (non-hydrogen) atoms. The van der Waals surface area contributed by atoms with E-state index in [1.807, 2.05) is 18.5 Å². The summed E-state index contributed by atoms with van der Waals surface area (Å²) in [4.78, 5) is 12.4. The third-order valence-electron chi connectivity index (χ3n) is 1.89. The van der Waals surface area contributed by atoms with Gasteiger partial charge in [0.05, 0.1) is 0 Å². The lowest BCUT2D eigenvalue weighted by Gasteiger charge is -1.92. The Morgan fingerprint density at radius 2 is 2.46 bits per heavy atom. The molecule has 2 heterocycles. The predicted molar refractivity (Wildman–Crippen MR) is 52.0 cm³/mol. The Morgan fingerprint density at radius 3 is 3.15 bits per heavy atom. The van der Waals surface area contributed by atoms with Crippen molar-refractivity contribution in [1.82, 2.24) is 15.1 Å². The molecule has 0 atom stereocenters. The molecule has 5 heteroatoms. The van der Waals surface area contributed by atoms with Gasteiger partial charge in [-0.05, 0) is 11.4 Å². The number of thiophene rings is 1. The smallest absolute Gasteiger partial charge is 0.272 e. The van der Waals surface area contributed by atoms with Gasteiger partial charge in [-0.1, -0.05) is 0 Å². The summed E-state index contributed by atoms with van der Waals surface area (Å²) in [6, 6.07) is 1.91. The maximum absolute atomic E-state index is 11.4. The topological polar surface area (TPSA) is 46.9 Å². The molecule has 0 saturated carbocycles. The number of nitrogens with one attached hydrogen (secondary N) is 1. The van der Waals surface area contributed by atoms with E-state index in [0.717, 1.165) is 10.2 Å². The van der Waals surface area contributed by atoms with Crippen LogP contribution in [0.15, 0.2) is 11.4 Å². The van der Waals surface area contributed by atoms with Crippen LogP contribution < -0.4 is 5.32 Å². The highest BCUT2D eigenvalue weighted by Gasteiger charge is 2.14. The third-order valence-corrected chi connectivity index (χ3v) is 2.87. The van der Waals surface area contributed by atoms with Gasteiger partial charge in [0.25, 0.3) is 5.91 Å². The monoisotopic (exact) mass is 195 g/mol. The average Bonchev–Trinajstić information content (AvgIpc) is 2.68. The van der Waals surface area contributed by atoms with E-state index in [-0.39, 0.29) is 5.91 Å². The summed E-state index contributed by atoms with van der Waals surface area (Å²) in [5, 5.41) is 9.58. The Balaban J connectivity index is 2.68. The lowest BCUT2D eigenvalue weighted by atomic mass is 10.3. The fraction of sp³-hybridized carbons (Fsp3) is 0.250. The van der Waals surface area contributed by atoms with Crippen LogP contribution in [0, 0.1) is 0 Å². The first-order chi connectivity index (χ1) is 6.24. The zero-order valence-corrected chi connectivity index (χ0v) is 8.18. The van der Waals surface area contributed by atoms with Crippen molar-refractivity contribution in [2.45, 2.75) is 0 Å². The van der Waals surface area contributed by atoms with Gasteiger partial charge in [0, 0.05) is 19.5 Å². The summed E-state index contributed by atoms with van der Waals surface area (Å²) >= 11 is 1.58. The molecule has 0 saturated heterocycles. The largest absolute Gasteiger partial charge is 0.354 e. The fourth-order valence-electron chi connectivity index (χ4n) is 1.27. The van der Waals surface area contributed by atoms with E-state index >= 15 is 0 Å². The number of carbonyl (C=O) groups is 1.